The number of amides is 1. The molecule has 0 saturated carbocycles. The van der Waals surface area contributed by atoms with Crippen LogP contribution in [0, 0.1) is 0 Å². The number of nitrogens with zero attached hydrogens (tertiary/aromatic N) is 2. The summed E-state index contributed by atoms with van der Waals surface area (Å²) in [5.41, 5.74) is 6.29. The number of hydrogen-bond acceptors (Lipinski definition) is 3. The third-order valence-corrected chi connectivity index (χ3v) is 3.61. The normalized spacial score (nSPS) is 15.0. The third kappa shape index (κ3) is 6.22. The van der Waals surface area contributed by atoms with Crippen LogP contribution in [0.4, 0.5) is 0 Å². The van der Waals surface area contributed by atoms with Crippen molar-refractivity contribution in [1.29, 1.82) is 0 Å². The molecule has 0 spiro atoms. The number of unbranched alkanes of at least 4 members (excludes halogenated alkanes) is 1. The highest BCUT2D eigenvalue weighted by Gasteiger charge is 2.21. The maximum atomic E-state index is 12.3. The molecule has 1 aliphatic rings. The average Bonchev–Trinajstić information content (AvgIpc) is 2.48. The van der Waals surface area contributed by atoms with Gasteiger partial charge in [0.1, 0.15) is 0 Å². The van der Waals surface area contributed by atoms with E-state index in [-0.39, 0.29) is 30.7 Å². The first kappa shape index (κ1) is 20.2. The fraction of sp³-hybridized carbons (Fsp3) is 0.533. The number of hydrogen-bond donors (Lipinski definition) is 1. The van der Waals surface area contributed by atoms with E-state index in [1.165, 1.54) is 0 Å². The molecule has 2 rings (SSSR count). The molecule has 21 heavy (non-hydrogen) atoms. The van der Waals surface area contributed by atoms with E-state index in [1.807, 2.05) is 35.2 Å². The van der Waals surface area contributed by atoms with Crippen LogP contribution in [-0.2, 0) is 0 Å². The Bertz CT molecular complexity index is 395. The van der Waals surface area contributed by atoms with Crippen molar-refractivity contribution in [3.8, 4) is 0 Å². The topological polar surface area (TPSA) is 49.6 Å². The Morgan fingerprint density at radius 2 is 1.62 bits per heavy atom. The lowest BCUT2D eigenvalue weighted by Gasteiger charge is -2.34. The summed E-state index contributed by atoms with van der Waals surface area (Å²) in [6.45, 7) is 5.48. The van der Waals surface area contributed by atoms with Crippen LogP contribution in [0.2, 0.25) is 0 Å². The van der Waals surface area contributed by atoms with Crippen molar-refractivity contribution in [3.63, 3.8) is 0 Å². The van der Waals surface area contributed by atoms with Gasteiger partial charge < -0.3 is 10.6 Å². The van der Waals surface area contributed by atoms with Gasteiger partial charge in [0.25, 0.3) is 5.91 Å². The molecule has 4 nitrogen and oxygen atoms in total. The maximum Gasteiger partial charge on any atom is 0.253 e. The van der Waals surface area contributed by atoms with Gasteiger partial charge in [0.05, 0.1) is 0 Å². The SMILES string of the molecule is Cl.Cl.NCCCCN1CCN(C(=O)c2ccccc2)CC1. The molecule has 0 bridgehead atoms. The highest BCUT2D eigenvalue weighted by molar-refractivity contribution is 5.94. The number of benzene rings is 1. The summed E-state index contributed by atoms with van der Waals surface area (Å²) in [6, 6.07) is 9.53. The Morgan fingerprint density at radius 3 is 2.19 bits per heavy atom. The number of rotatable bonds is 5. The van der Waals surface area contributed by atoms with Gasteiger partial charge in [-0.2, -0.15) is 0 Å². The minimum absolute atomic E-state index is 0. The molecule has 2 N–H and O–H groups in total. The van der Waals surface area contributed by atoms with Gasteiger partial charge in [0, 0.05) is 31.7 Å². The first-order chi connectivity index (χ1) is 9.31. The first-order valence-electron chi connectivity index (χ1n) is 7.08. The molecule has 1 aliphatic heterocycles. The van der Waals surface area contributed by atoms with Crippen LogP contribution in [0.1, 0.15) is 23.2 Å². The number of carbonyl (C=O) groups is 1. The van der Waals surface area contributed by atoms with Crippen molar-refractivity contribution >= 4 is 30.7 Å². The van der Waals surface area contributed by atoms with Gasteiger partial charge in [0.15, 0.2) is 0 Å². The number of nitrogens with two attached hydrogens (primary N) is 1. The van der Waals surface area contributed by atoms with Crippen molar-refractivity contribution in [1.82, 2.24) is 9.80 Å². The molecule has 1 amide bonds. The quantitative estimate of drug-likeness (QED) is 0.839. The van der Waals surface area contributed by atoms with Gasteiger partial charge in [0.2, 0.25) is 0 Å². The molecule has 0 unspecified atom stereocenters. The van der Waals surface area contributed by atoms with Crippen LogP contribution >= 0.6 is 24.8 Å². The van der Waals surface area contributed by atoms with E-state index in [9.17, 15) is 4.79 Å². The number of halogens is 2. The Morgan fingerprint density at radius 1 is 1.00 bits per heavy atom. The van der Waals surface area contributed by atoms with Crippen LogP contribution in [0.25, 0.3) is 0 Å². The Balaban J connectivity index is 0.00000200. The van der Waals surface area contributed by atoms with Crippen molar-refractivity contribution in [3.05, 3.63) is 35.9 Å². The average molecular weight is 334 g/mol. The van der Waals surface area contributed by atoms with Crippen LogP contribution < -0.4 is 5.73 Å². The lowest BCUT2D eigenvalue weighted by Crippen LogP contribution is -2.48. The number of piperazine rings is 1. The van der Waals surface area contributed by atoms with E-state index in [4.69, 9.17) is 5.73 Å². The standard InChI is InChI=1S/C15H23N3O.2ClH/c16-8-4-5-9-17-10-12-18(13-11-17)15(19)14-6-2-1-3-7-14;;/h1-3,6-7H,4-5,8-13,16H2;2*1H. The summed E-state index contributed by atoms with van der Waals surface area (Å²) in [6.07, 6.45) is 2.24. The summed E-state index contributed by atoms with van der Waals surface area (Å²) >= 11 is 0. The smallest absolute Gasteiger partial charge is 0.253 e. The van der Waals surface area contributed by atoms with E-state index in [2.05, 4.69) is 4.90 Å². The molecule has 120 valence electrons. The molecule has 1 aromatic rings. The second kappa shape index (κ2) is 10.9. The van der Waals surface area contributed by atoms with Gasteiger partial charge in [-0.25, -0.2) is 0 Å². The Kier molecular flexibility index (Phi) is 10.4. The lowest BCUT2D eigenvalue weighted by molar-refractivity contribution is 0.0635. The van der Waals surface area contributed by atoms with Crippen molar-refractivity contribution in [2.45, 2.75) is 12.8 Å². The monoisotopic (exact) mass is 333 g/mol. The van der Waals surface area contributed by atoms with E-state index >= 15 is 0 Å². The third-order valence-electron chi connectivity index (χ3n) is 3.61. The summed E-state index contributed by atoms with van der Waals surface area (Å²) in [5, 5.41) is 0. The second-order valence-corrected chi connectivity index (χ2v) is 5.00. The van der Waals surface area contributed by atoms with Crippen LogP contribution in [0.3, 0.4) is 0 Å². The predicted octanol–water partition coefficient (Wildman–Crippen LogP) is 2.03. The van der Waals surface area contributed by atoms with Gasteiger partial charge in [-0.15, -0.1) is 24.8 Å². The van der Waals surface area contributed by atoms with Gasteiger partial charge in [-0.1, -0.05) is 18.2 Å². The van der Waals surface area contributed by atoms with E-state index < -0.39 is 0 Å². The van der Waals surface area contributed by atoms with Crippen LogP contribution in [0.5, 0.6) is 0 Å². The lowest BCUT2D eigenvalue weighted by atomic mass is 10.2. The predicted molar refractivity (Wildman–Crippen MR) is 91.6 cm³/mol. The van der Waals surface area contributed by atoms with E-state index in [1.54, 1.807) is 0 Å². The van der Waals surface area contributed by atoms with E-state index in [0.717, 1.165) is 57.7 Å². The summed E-state index contributed by atoms with van der Waals surface area (Å²) < 4.78 is 0. The molecular weight excluding hydrogens is 309 g/mol. The molecule has 1 aromatic carbocycles. The molecule has 0 radical (unpaired) electrons. The summed E-state index contributed by atoms with van der Waals surface area (Å²) in [7, 11) is 0. The van der Waals surface area contributed by atoms with Gasteiger partial charge >= 0.3 is 0 Å². The van der Waals surface area contributed by atoms with E-state index in [0.29, 0.717) is 0 Å². The molecule has 1 saturated heterocycles. The van der Waals surface area contributed by atoms with Crippen LogP contribution in [-0.4, -0.2) is 55.0 Å². The first-order valence-corrected chi connectivity index (χ1v) is 7.08. The van der Waals surface area contributed by atoms with Gasteiger partial charge in [-0.05, 0) is 38.1 Å². The second-order valence-electron chi connectivity index (χ2n) is 5.00. The van der Waals surface area contributed by atoms with Crippen molar-refractivity contribution < 1.29 is 4.79 Å². The van der Waals surface area contributed by atoms with Crippen LogP contribution in [0.15, 0.2) is 30.3 Å². The highest BCUT2D eigenvalue weighted by atomic mass is 35.5. The molecule has 0 aromatic heterocycles. The molecule has 1 fully saturated rings. The zero-order chi connectivity index (χ0) is 13.5. The zero-order valence-electron chi connectivity index (χ0n) is 12.2. The van der Waals surface area contributed by atoms with Crippen molar-refractivity contribution in [2.24, 2.45) is 5.73 Å². The largest absolute Gasteiger partial charge is 0.336 e. The fourth-order valence-electron chi connectivity index (χ4n) is 2.42. The fourth-order valence-corrected chi connectivity index (χ4v) is 2.42. The summed E-state index contributed by atoms with van der Waals surface area (Å²) in [4.78, 5) is 16.6. The minimum atomic E-state index is 0. The molecule has 6 heteroatoms. The maximum absolute atomic E-state index is 12.3. The summed E-state index contributed by atoms with van der Waals surface area (Å²) in [5.74, 6) is 0.155. The zero-order valence-corrected chi connectivity index (χ0v) is 13.9. The Labute approximate surface area is 139 Å². The molecular formula is C15H25Cl2N3O. The Hall–Kier alpha value is -0.810. The minimum Gasteiger partial charge on any atom is -0.336 e. The molecule has 0 atom stereocenters. The van der Waals surface area contributed by atoms with Crippen molar-refractivity contribution in [2.75, 3.05) is 39.3 Å². The number of carbonyl (C=O) groups excluding carboxylic acids is 1. The highest BCUT2D eigenvalue weighted by Crippen LogP contribution is 2.09. The molecule has 0 aliphatic carbocycles. The molecule has 1 heterocycles. The van der Waals surface area contributed by atoms with Gasteiger partial charge in [-0.3, -0.25) is 9.69 Å².